The van der Waals surface area contributed by atoms with Crippen LogP contribution in [0.4, 0.5) is 0 Å². The van der Waals surface area contributed by atoms with E-state index >= 15 is 0 Å². The molecule has 5 nitrogen and oxygen atoms in total. The zero-order valence-corrected chi connectivity index (χ0v) is 15.5. The number of carbonyl (C=O) groups is 1. The molecule has 0 saturated heterocycles. The molecule has 0 spiro atoms. The van der Waals surface area contributed by atoms with E-state index in [2.05, 4.69) is 16.9 Å². The lowest BCUT2D eigenvalue weighted by molar-refractivity contribution is -0.120. The summed E-state index contributed by atoms with van der Waals surface area (Å²) in [5, 5.41) is 3.30. The van der Waals surface area contributed by atoms with Crippen LogP contribution in [0.3, 0.4) is 0 Å². The van der Waals surface area contributed by atoms with Crippen LogP contribution in [0, 0.1) is 0 Å². The zero-order valence-electron chi connectivity index (χ0n) is 14.7. The van der Waals surface area contributed by atoms with Crippen LogP contribution in [0.25, 0.3) is 6.08 Å². The fourth-order valence-electron chi connectivity index (χ4n) is 2.04. The van der Waals surface area contributed by atoms with E-state index in [1.54, 1.807) is 50.6 Å². The van der Waals surface area contributed by atoms with Crippen molar-refractivity contribution in [3.05, 3.63) is 65.8 Å². The molecule has 2 aromatic rings. The van der Waals surface area contributed by atoms with Crippen LogP contribution < -0.4 is 14.8 Å². The van der Waals surface area contributed by atoms with Gasteiger partial charge in [0.1, 0.15) is 5.75 Å². The molecule has 1 aromatic heterocycles. The minimum absolute atomic E-state index is 0.0309. The first-order valence-electron chi connectivity index (χ1n) is 8.13. The highest BCUT2D eigenvalue weighted by Gasteiger charge is 2.06. The van der Waals surface area contributed by atoms with Crippen molar-refractivity contribution in [3.63, 3.8) is 0 Å². The Kier molecular flexibility index (Phi) is 7.24. The summed E-state index contributed by atoms with van der Waals surface area (Å²) in [6, 6.07) is 8.52. The van der Waals surface area contributed by atoms with E-state index in [0.717, 1.165) is 5.56 Å². The molecular formula is C20H21ClN2O3. The molecule has 0 fully saturated rings. The number of halogens is 1. The van der Waals surface area contributed by atoms with Crippen molar-refractivity contribution in [1.82, 2.24) is 10.3 Å². The average Bonchev–Trinajstić information content (AvgIpc) is 2.67. The Hall–Kier alpha value is -2.79. The molecule has 0 aliphatic rings. The van der Waals surface area contributed by atoms with Crippen LogP contribution in [0.1, 0.15) is 18.9 Å². The van der Waals surface area contributed by atoms with Crippen molar-refractivity contribution >= 4 is 23.6 Å². The maximum atomic E-state index is 11.4. The molecule has 6 heteroatoms. The quantitative estimate of drug-likeness (QED) is 0.686. The molecule has 0 unspecified atom stereocenters. The molecule has 136 valence electrons. The van der Waals surface area contributed by atoms with Gasteiger partial charge in [0.15, 0.2) is 5.75 Å². The van der Waals surface area contributed by atoms with Crippen LogP contribution >= 0.6 is 11.6 Å². The highest BCUT2D eigenvalue weighted by molar-refractivity contribution is 6.32. The van der Waals surface area contributed by atoms with Crippen molar-refractivity contribution in [2.24, 2.45) is 0 Å². The summed E-state index contributed by atoms with van der Waals surface area (Å²) in [5.74, 6) is 1.50. The zero-order chi connectivity index (χ0) is 18.9. The van der Waals surface area contributed by atoms with Gasteiger partial charge in [0.2, 0.25) is 11.8 Å². The molecule has 0 radical (unpaired) electrons. The predicted octanol–water partition coefficient (Wildman–Crippen LogP) is 4.63. The Balaban J connectivity index is 2.05. The lowest BCUT2D eigenvalue weighted by Crippen LogP contribution is -2.30. The van der Waals surface area contributed by atoms with Gasteiger partial charge in [0.05, 0.1) is 18.2 Å². The van der Waals surface area contributed by atoms with Crippen LogP contribution in [-0.4, -0.2) is 24.0 Å². The number of rotatable bonds is 8. The van der Waals surface area contributed by atoms with Crippen molar-refractivity contribution in [2.75, 3.05) is 7.11 Å². The third kappa shape index (κ3) is 5.63. The third-order valence-corrected chi connectivity index (χ3v) is 3.82. The van der Waals surface area contributed by atoms with E-state index in [1.807, 2.05) is 18.2 Å². The Bertz CT molecular complexity index is 788. The molecule has 1 atom stereocenters. The van der Waals surface area contributed by atoms with Crippen LogP contribution in [-0.2, 0) is 4.79 Å². The number of ether oxygens (including phenoxy) is 2. The van der Waals surface area contributed by atoms with E-state index in [9.17, 15) is 4.79 Å². The van der Waals surface area contributed by atoms with Crippen molar-refractivity contribution in [3.8, 4) is 17.4 Å². The molecule has 2 rings (SSSR count). The number of hydrogen-bond acceptors (Lipinski definition) is 4. The van der Waals surface area contributed by atoms with Gasteiger partial charge in [-0.05, 0) is 23.8 Å². The Morgan fingerprint density at radius 1 is 1.38 bits per heavy atom. The van der Waals surface area contributed by atoms with Crippen molar-refractivity contribution < 1.29 is 14.3 Å². The van der Waals surface area contributed by atoms with Gasteiger partial charge < -0.3 is 14.8 Å². The second-order valence-electron chi connectivity index (χ2n) is 5.37. The van der Waals surface area contributed by atoms with Gasteiger partial charge >= 0.3 is 0 Å². The van der Waals surface area contributed by atoms with Gasteiger partial charge in [0.25, 0.3) is 0 Å². The molecule has 0 aliphatic heterocycles. The molecule has 1 amide bonds. The number of methoxy groups -OCH3 is 1. The summed E-state index contributed by atoms with van der Waals surface area (Å²) in [6.45, 7) is 5.52. The first-order valence-corrected chi connectivity index (χ1v) is 8.51. The first-order chi connectivity index (χ1) is 12.5. The summed E-state index contributed by atoms with van der Waals surface area (Å²) in [6.07, 6.45) is 7.47. The minimum Gasteiger partial charge on any atom is -0.497 e. The van der Waals surface area contributed by atoms with E-state index in [0.29, 0.717) is 28.8 Å². The van der Waals surface area contributed by atoms with E-state index in [-0.39, 0.29) is 11.9 Å². The van der Waals surface area contributed by atoms with Gasteiger partial charge in [-0.25, -0.2) is 4.98 Å². The summed E-state index contributed by atoms with van der Waals surface area (Å²) in [5.41, 5.74) is 0.867. The van der Waals surface area contributed by atoms with Crippen LogP contribution in [0.15, 0.2) is 55.3 Å². The Morgan fingerprint density at radius 2 is 2.19 bits per heavy atom. The summed E-state index contributed by atoms with van der Waals surface area (Å²) >= 11 is 6.12. The summed E-state index contributed by atoms with van der Waals surface area (Å²) < 4.78 is 10.9. The number of hydrogen-bond donors (Lipinski definition) is 1. The van der Waals surface area contributed by atoms with Crippen LogP contribution in [0.5, 0.6) is 17.4 Å². The monoisotopic (exact) mass is 372 g/mol. The normalized spacial score (nSPS) is 11.8. The molecule has 1 heterocycles. The average molecular weight is 373 g/mol. The molecule has 0 bridgehead atoms. The van der Waals surface area contributed by atoms with Gasteiger partial charge in [-0.15, -0.1) is 6.58 Å². The van der Waals surface area contributed by atoms with E-state index in [1.165, 1.54) is 0 Å². The van der Waals surface area contributed by atoms with Gasteiger partial charge in [-0.1, -0.05) is 36.8 Å². The number of carbonyl (C=O) groups excluding carboxylic acids is 1. The van der Waals surface area contributed by atoms with E-state index in [4.69, 9.17) is 21.1 Å². The Labute approximate surface area is 158 Å². The molecule has 0 saturated carbocycles. The number of pyridine rings is 1. The van der Waals surface area contributed by atoms with Crippen molar-refractivity contribution in [1.29, 1.82) is 0 Å². The minimum atomic E-state index is -0.228. The fraction of sp³-hybridized carbons (Fsp3) is 0.200. The predicted molar refractivity (Wildman–Crippen MR) is 104 cm³/mol. The summed E-state index contributed by atoms with van der Waals surface area (Å²) in [4.78, 5) is 15.7. The van der Waals surface area contributed by atoms with E-state index < -0.39 is 0 Å². The third-order valence-electron chi connectivity index (χ3n) is 3.51. The topological polar surface area (TPSA) is 60.5 Å². The first kappa shape index (κ1) is 19.5. The molecule has 26 heavy (non-hydrogen) atoms. The highest BCUT2D eigenvalue weighted by atomic mass is 35.5. The van der Waals surface area contributed by atoms with Gasteiger partial charge in [0, 0.05) is 24.8 Å². The van der Waals surface area contributed by atoms with Crippen LogP contribution in [0.2, 0.25) is 5.02 Å². The molecule has 1 aromatic carbocycles. The SMILES string of the molecule is C=C[C@@H](/C=C/c1ccc(Oc2cc(OC)ccc2Cl)nc1)NC(=O)CC. The Morgan fingerprint density at radius 3 is 2.81 bits per heavy atom. The van der Waals surface area contributed by atoms with Gasteiger partial charge in [-0.2, -0.15) is 0 Å². The largest absolute Gasteiger partial charge is 0.497 e. The number of aromatic nitrogens is 1. The smallest absolute Gasteiger partial charge is 0.220 e. The lowest BCUT2D eigenvalue weighted by Gasteiger charge is -2.10. The number of nitrogens with one attached hydrogen (secondary N) is 1. The lowest BCUT2D eigenvalue weighted by atomic mass is 10.2. The number of benzene rings is 1. The fourth-order valence-corrected chi connectivity index (χ4v) is 2.20. The maximum Gasteiger partial charge on any atom is 0.220 e. The summed E-state index contributed by atoms with van der Waals surface area (Å²) in [7, 11) is 1.58. The number of amides is 1. The van der Waals surface area contributed by atoms with Gasteiger partial charge in [-0.3, -0.25) is 4.79 Å². The maximum absolute atomic E-state index is 11.4. The second-order valence-corrected chi connectivity index (χ2v) is 5.78. The highest BCUT2D eigenvalue weighted by Crippen LogP contribution is 2.32. The molecule has 0 aliphatic carbocycles. The van der Waals surface area contributed by atoms with Crippen molar-refractivity contribution in [2.45, 2.75) is 19.4 Å². The molecule has 1 N–H and O–H groups in total. The standard InChI is InChI=1S/C20H21ClN2O3/c1-4-15(23-19(24)5-2)8-6-14-7-11-20(22-13-14)26-18-12-16(25-3)9-10-17(18)21/h4,6-13,15H,1,5H2,2-3H3,(H,23,24)/b8-6+/t15-/m0/s1. The molecular weight excluding hydrogens is 352 g/mol. The second kappa shape index (κ2) is 9.63. The number of nitrogens with zero attached hydrogens (tertiary/aromatic N) is 1.